The molecule has 1 aromatic carbocycles. The monoisotopic (exact) mass is 393 g/mol. The fourth-order valence-electron chi connectivity index (χ4n) is 1.74. The number of aromatic nitrogens is 1. The Bertz CT molecular complexity index is 917. The summed E-state index contributed by atoms with van der Waals surface area (Å²) in [5.74, 6) is -0.626. The molecule has 0 saturated heterocycles. The van der Waals surface area contributed by atoms with Crippen LogP contribution in [0.1, 0.15) is 22.8 Å². The van der Waals surface area contributed by atoms with Gasteiger partial charge in [-0.25, -0.2) is 13.4 Å². The van der Waals surface area contributed by atoms with Crippen LogP contribution in [-0.2, 0) is 16.2 Å². The van der Waals surface area contributed by atoms with Crippen molar-refractivity contribution in [3.05, 3.63) is 52.7 Å². The fraction of sp³-hybridized carbons (Fsp3) is 0.143. The molecule has 0 bridgehead atoms. The maximum Gasteiger partial charge on any atom is 0.417 e. The number of anilines is 1. The molecule has 0 aliphatic rings. The number of halogens is 4. The summed E-state index contributed by atoms with van der Waals surface area (Å²) in [5, 5.41) is -0.421. The highest BCUT2D eigenvalue weighted by Crippen LogP contribution is 2.32. The summed E-state index contributed by atoms with van der Waals surface area (Å²) in [5.41, 5.74) is 1.26. The van der Waals surface area contributed by atoms with Crippen molar-refractivity contribution in [3.63, 3.8) is 0 Å². The standard InChI is InChI=1S/C14H11ClF3N3O3S/c1-8(22)9-3-2-4-11(5-9)25(23,24)21-20-13-12(15)6-10(7-19-13)14(16,17)18/h2-7,21H,1H3,(H,19,20). The highest BCUT2D eigenvalue weighted by atomic mass is 35.5. The lowest BCUT2D eigenvalue weighted by molar-refractivity contribution is -0.137. The van der Waals surface area contributed by atoms with Crippen LogP contribution in [0.3, 0.4) is 0 Å². The molecule has 1 aromatic heterocycles. The maximum absolute atomic E-state index is 12.5. The summed E-state index contributed by atoms with van der Waals surface area (Å²) in [6.07, 6.45) is -4.11. The van der Waals surface area contributed by atoms with Crippen molar-refractivity contribution in [2.24, 2.45) is 0 Å². The minimum absolute atomic E-state index is 0.188. The van der Waals surface area contributed by atoms with Crippen LogP contribution in [0.5, 0.6) is 0 Å². The van der Waals surface area contributed by atoms with E-state index in [2.05, 4.69) is 10.4 Å². The van der Waals surface area contributed by atoms with Gasteiger partial charge in [0, 0.05) is 11.8 Å². The quantitative estimate of drug-likeness (QED) is 0.601. The number of ketones is 1. The van der Waals surface area contributed by atoms with E-state index in [1.54, 1.807) is 0 Å². The number of benzene rings is 1. The van der Waals surface area contributed by atoms with Gasteiger partial charge >= 0.3 is 6.18 Å². The van der Waals surface area contributed by atoms with Gasteiger partial charge in [-0.2, -0.15) is 13.2 Å². The molecule has 6 nitrogen and oxygen atoms in total. The van der Waals surface area contributed by atoms with Crippen LogP contribution in [0.15, 0.2) is 41.4 Å². The van der Waals surface area contributed by atoms with Crippen molar-refractivity contribution in [1.82, 2.24) is 9.82 Å². The second-order valence-corrected chi connectivity index (χ2v) is 6.96. The minimum Gasteiger partial charge on any atom is -0.295 e. The zero-order chi connectivity index (χ0) is 18.8. The second kappa shape index (κ2) is 6.98. The summed E-state index contributed by atoms with van der Waals surface area (Å²) in [6.45, 7) is 1.28. The van der Waals surface area contributed by atoms with Crippen LogP contribution >= 0.6 is 11.6 Å². The molecule has 11 heteroatoms. The van der Waals surface area contributed by atoms with Crippen molar-refractivity contribution in [3.8, 4) is 0 Å². The number of rotatable bonds is 5. The largest absolute Gasteiger partial charge is 0.417 e. The molecule has 0 amide bonds. The van der Waals surface area contributed by atoms with E-state index < -0.39 is 26.8 Å². The van der Waals surface area contributed by atoms with Crippen LogP contribution < -0.4 is 10.3 Å². The zero-order valence-corrected chi connectivity index (χ0v) is 14.1. The van der Waals surface area contributed by atoms with Crippen LogP contribution in [-0.4, -0.2) is 19.2 Å². The Balaban J connectivity index is 2.20. The number of sulfonamides is 1. The molecule has 134 valence electrons. The predicted molar refractivity (Wildman–Crippen MR) is 84.6 cm³/mol. The number of hydrogen-bond donors (Lipinski definition) is 2. The lowest BCUT2D eigenvalue weighted by Gasteiger charge is -2.12. The maximum atomic E-state index is 12.5. The van der Waals surface area contributed by atoms with Gasteiger partial charge in [-0.05, 0) is 25.1 Å². The topological polar surface area (TPSA) is 88.2 Å². The second-order valence-electron chi connectivity index (χ2n) is 4.87. The molecular weight excluding hydrogens is 383 g/mol. The first-order valence-corrected chi connectivity index (χ1v) is 8.48. The van der Waals surface area contributed by atoms with E-state index in [-0.39, 0.29) is 22.1 Å². The van der Waals surface area contributed by atoms with Gasteiger partial charge < -0.3 is 0 Å². The molecule has 0 aliphatic heterocycles. The molecule has 2 N–H and O–H groups in total. The average Bonchev–Trinajstić information content (AvgIpc) is 2.53. The van der Waals surface area contributed by atoms with E-state index in [0.29, 0.717) is 12.3 Å². The summed E-state index contributed by atoms with van der Waals surface area (Å²) in [4.78, 5) is 16.5. The summed E-state index contributed by atoms with van der Waals surface area (Å²) in [6, 6.07) is 5.85. The molecule has 0 atom stereocenters. The molecule has 2 rings (SSSR count). The van der Waals surface area contributed by atoms with Crippen molar-refractivity contribution in [1.29, 1.82) is 0 Å². The molecular formula is C14H11ClF3N3O3S. The van der Waals surface area contributed by atoms with E-state index in [4.69, 9.17) is 11.6 Å². The van der Waals surface area contributed by atoms with Gasteiger partial charge in [0.25, 0.3) is 10.0 Å². The van der Waals surface area contributed by atoms with Crippen molar-refractivity contribution < 1.29 is 26.4 Å². The Morgan fingerprint density at radius 2 is 1.92 bits per heavy atom. The van der Waals surface area contributed by atoms with E-state index in [1.165, 1.54) is 25.1 Å². The Kier molecular flexibility index (Phi) is 5.35. The van der Waals surface area contributed by atoms with E-state index in [9.17, 15) is 26.4 Å². The third-order valence-electron chi connectivity index (χ3n) is 3.02. The van der Waals surface area contributed by atoms with Gasteiger partial charge in [0.05, 0.1) is 15.5 Å². The highest BCUT2D eigenvalue weighted by molar-refractivity contribution is 7.89. The summed E-state index contributed by atoms with van der Waals surface area (Å²) >= 11 is 5.67. The molecule has 2 aromatic rings. The van der Waals surface area contributed by atoms with Crippen molar-refractivity contribution >= 4 is 33.2 Å². The van der Waals surface area contributed by atoms with Gasteiger partial charge in [-0.15, -0.1) is 4.83 Å². The van der Waals surface area contributed by atoms with Gasteiger partial charge in [-0.1, -0.05) is 23.7 Å². The number of carbonyl (C=O) groups excluding carboxylic acids is 1. The number of hydrogen-bond acceptors (Lipinski definition) is 5. The highest BCUT2D eigenvalue weighted by Gasteiger charge is 2.31. The van der Waals surface area contributed by atoms with Gasteiger partial charge in [-0.3, -0.25) is 10.2 Å². The molecule has 0 unspecified atom stereocenters. The molecule has 0 fully saturated rings. The Morgan fingerprint density at radius 1 is 1.24 bits per heavy atom. The number of carbonyl (C=O) groups is 1. The summed E-state index contributed by atoms with van der Waals surface area (Å²) < 4.78 is 62.0. The molecule has 0 spiro atoms. The Hall–Kier alpha value is -2.17. The average molecular weight is 394 g/mol. The Labute approximate surface area is 146 Å². The first kappa shape index (κ1) is 19.2. The number of nitrogens with one attached hydrogen (secondary N) is 2. The molecule has 0 saturated carbocycles. The number of pyridine rings is 1. The molecule has 0 aliphatic carbocycles. The van der Waals surface area contributed by atoms with E-state index in [0.717, 1.165) is 6.07 Å². The first-order chi connectivity index (χ1) is 11.5. The van der Waals surface area contributed by atoms with Gasteiger partial charge in [0.15, 0.2) is 11.6 Å². The van der Waals surface area contributed by atoms with Crippen LogP contribution in [0.2, 0.25) is 5.02 Å². The first-order valence-electron chi connectivity index (χ1n) is 6.62. The third-order valence-corrected chi connectivity index (χ3v) is 4.56. The number of hydrazine groups is 1. The predicted octanol–water partition coefficient (Wildman–Crippen LogP) is 3.26. The molecule has 0 radical (unpaired) electrons. The molecule has 25 heavy (non-hydrogen) atoms. The minimum atomic E-state index is -4.62. The van der Waals surface area contributed by atoms with Crippen molar-refractivity contribution in [2.45, 2.75) is 18.0 Å². The van der Waals surface area contributed by atoms with E-state index in [1.807, 2.05) is 4.83 Å². The smallest absolute Gasteiger partial charge is 0.295 e. The SMILES string of the molecule is CC(=O)c1cccc(S(=O)(=O)NNc2ncc(C(F)(F)F)cc2Cl)c1. The summed E-state index contributed by atoms with van der Waals surface area (Å²) in [7, 11) is -4.10. The van der Waals surface area contributed by atoms with Crippen LogP contribution in [0, 0.1) is 0 Å². The zero-order valence-electron chi connectivity index (χ0n) is 12.6. The fourth-order valence-corrected chi connectivity index (χ4v) is 2.84. The lowest BCUT2D eigenvalue weighted by atomic mass is 10.2. The lowest BCUT2D eigenvalue weighted by Crippen LogP contribution is -2.30. The van der Waals surface area contributed by atoms with Crippen LogP contribution in [0.25, 0.3) is 0 Å². The van der Waals surface area contributed by atoms with Gasteiger partial charge in [0.1, 0.15) is 0 Å². The number of nitrogens with zero attached hydrogens (tertiary/aromatic N) is 1. The third kappa shape index (κ3) is 4.68. The van der Waals surface area contributed by atoms with E-state index >= 15 is 0 Å². The number of alkyl halides is 3. The Morgan fingerprint density at radius 3 is 2.48 bits per heavy atom. The van der Waals surface area contributed by atoms with Crippen molar-refractivity contribution in [2.75, 3.05) is 5.43 Å². The normalized spacial score (nSPS) is 12.0. The molecule has 1 heterocycles. The van der Waals surface area contributed by atoms with Crippen LogP contribution in [0.4, 0.5) is 19.0 Å². The van der Waals surface area contributed by atoms with Gasteiger partial charge in [0.2, 0.25) is 0 Å². The number of Topliss-reactive ketones (excluding diaryl/α,β-unsaturated/α-hetero) is 1.